The van der Waals surface area contributed by atoms with Crippen LogP contribution < -0.4 is 10.6 Å². The Balaban J connectivity index is 1.71. The van der Waals surface area contributed by atoms with Crippen LogP contribution in [0.4, 0.5) is 11.6 Å². The number of rotatable bonds is 3. The van der Waals surface area contributed by atoms with Crippen molar-refractivity contribution in [3.63, 3.8) is 0 Å². The largest absolute Gasteiger partial charge is 0.382 e. The molecule has 1 fully saturated rings. The van der Waals surface area contributed by atoms with E-state index in [0.29, 0.717) is 17.7 Å². The van der Waals surface area contributed by atoms with Gasteiger partial charge in [-0.25, -0.2) is 9.97 Å². The van der Waals surface area contributed by atoms with Gasteiger partial charge in [0.05, 0.1) is 0 Å². The molecule has 1 saturated heterocycles. The molecule has 2 aromatic heterocycles. The molecule has 1 aliphatic heterocycles. The number of aryl methyl sites for hydroxylation is 1. The second kappa shape index (κ2) is 5.94. The van der Waals surface area contributed by atoms with E-state index in [1.165, 1.54) is 0 Å². The van der Waals surface area contributed by atoms with Crippen LogP contribution >= 0.6 is 0 Å². The predicted molar refractivity (Wildman–Crippen MR) is 88.0 cm³/mol. The molecule has 0 radical (unpaired) electrons. The lowest BCUT2D eigenvalue weighted by atomic mass is 9.93. The number of nitrogens with zero attached hydrogens (tertiary/aromatic N) is 4. The molecule has 6 nitrogen and oxygen atoms in total. The number of piperidine rings is 1. The monoisotopic (exact) mass is 300 g/mol. The van der Waals surface area contributed by atoms with E-state index in [1.54, 1.807) is 0 Å². The molecule has 3 N–H and O–H groups in total. The van der Waals surface area contributed by atoms with Gasteiger partial charge >= 0.3 is 0 Å². The van der Waals surface area contributed by atoms with Gasteiger partial charge in [0.2, 0.25) is 0 Å². The highest BCUT2D eigenvalue weighted by molar-refractivity contribution is 5.41. The fraction of sp³-hybridized carbons (Fsp3) is 0.562. The Hall–Kier alpha value is -2.11. The third-order valence-electron chi connectivity index (χ3n) is 4.25. The second-order valence-corrected chi connectivity index (χ2v) is 6.39. The molecule has 1 aliphatic rings. The minimum atomic E-state index is 0.351. The maximum atomic E-state index is 5.70. The van der Waals surface area contributed by atoms with Gasteiger partial charge in [-0.1, -0.05) is 13.8 Å². The summed E-state index contributed by atoms with van der Waals surface area (Å²) in [6.45, 7) is 8.30. The van der Waals surface area contributed by atoms with E-state index in [0.717, 1.165) is 49.0 Å². The van der Waals surface area contributed by atoms with Gasteiger partial charge in [0.25, 0.3) is 0 Å². The molecule has 118 valence electrons. The first kappa shape index (κ1) is 14.8. The van der Waals surface area contributed by atoms with Crippen LogP contribution in [0.2, 0.25) is 0 Å². The lowest BCUT2D eigenvalue weighted by Crippen LogP contribution is -2.34. The predicted octanol–water partition coefficient (Wildman–Crippen LogP) is 2.60. The van der Waals surface area contributed by atoms with Crippen molar-refractivity contribution in [2.45, 2.75) is 45.4 Å². The van der Waals surface area contributed by atoms with Crippen LogP contribution in [0.5, 0.6) is 0 Å². The molecular formula is C16H24N6. The Morgan fingerprint density at radius 3 is 2.55 bits per heavy atom. The Labute approximate surface area is 131 Å². The van der Waals surface area contributed by atoms with Gasteiger partial charge in [-0.05, 0) is 19.8 Å². The van der Waals surface area contributed by atoms with Gasteiger partial charge in [0.15, 0.2) is 0 Å². The van der Waals surface area contributed by atoms with E-state index in [-0.39, 0.29) is 0 Å². The molecule has 2 aromatic rings. The van der Waals surface area contributed by atoms with Crippen molar-refractivity contribution in [3.05, 3.63) is 29.3 Å². The average molecular weight is 300 g/mol. The summed E-state index contributed by atoms with van der Waals surface area (Å²) in [5.41, 5.74) is 7.89. The molecule has 0 atom stereocenters. The minimum absolute atomic E-state index is 0.351. The standard InChI is InChI=1S/C16H24N6/c1-10(2)16-18-11(3)8-15(19-16)22-6-4-12(5-7-22)13-9-14(17)21-20-13/h8-10,12H,4-7H2,1-3H3,(H3,17,20,21). The van der Waals surface area contributed by atoms with Crippen molar-refractivity contribution in [3.8, 4) is 0 Å². The highest BCUT2D eigenvalue weighted by Gasteiger charge is 2.23. The highest BCUT2D eigenvalue weighted by Crippen LogP contribution is 2.29. The quantitative estimate of drug-likeness (QED) is 0.910. The summed E-state index contributed by atoms with van der Waals surface area (Å²) in [5, 5.41) is 7.07. The number of anilines is 2. The Kier molecular flexibility index (Phi) is 4.00. The normalized spacial score (nSPS) is 16.5. The van der Waals surface area contributed by atoms with E-state index in [9.17, 15) is 0 Å². The Bertz CT molecular complexity index is 640. The highest BCUT2D eigenvalue weighted by atomic mass is 15.2. The molecule has 0 saturated carbocycles. The van der Waals surface area contributed by atoms with Crippen molar-refractivity contribution in [1.82, 2.24) is 20.2 Å². The molecule has 0 spiro atoms. The van der Waals surface area contributed by atoms with Crippen molar-refractivity contribution in [2.24, 2.45) is 0 Å². The third kappa shape index (κ3) is 3.05. The van der Waals surface area contributed by atoms with Crippen LogP contribution in [0.25, 0.3) is 0 Å². The van der Waals surface area contributed by atoms with Crippen molar-refractivity contribution in [1.29, 1.82) is 0 Å². The number of nitrogen functional groups attached to an aromatic ring is 1. The van der Waals surface area contributed by atoms with Crippen molar-refractivity contribution < 1.29 is 0 Å². The summed E-state index contributed by atoms with van der Waals surface area (Å²) in [5.74, 6) is 3.42. The molecule has 3 heterocycles. The molecule has 0 bridgehead atoms. The van der Waals surface area contributed by atoms with Gasteiger partial charge in [0.1, 0.15) is 17.5 Å². The number of hydrogen-bond acceptors (Lipinski definition) is 5. The van der Waals surface area contributed by atoms with Crippen LogP contribution in [0.15, 0.2) is 12.1 Å². The minimum Gasteiger partial charge on any atom is -0.382 e. The maximum absolute atomic E-state index is 5.70. The van der Waals surface area contributed by atoms with Crippen LogP contribution in [0, 0.1) is 6.92 Å². The maximum Gasteiger partial charge on any atom is 0.145 e. The van der Waals surface area contributed by atoms with Gasteiger partial charge in [-0.3, -0.25) is 5.10 Å². The Morgan fingerprint density at radius 2 is 1.95 bits per heavy atom. The van der Waals surface area contributed by atoms with Gasteiger partial charge < -0.3 is 10.6 Å². The van der Waals surface area contributed by atoms with E-state index in [4.69, 9.17) is 10.7 Å². The summed E-state index contributed by atoms with van der Waals surface area (Å²) >= 11 is 0. The Morgan fingerprint density at radius 1 is 1.23 bits per heavy atom. The summed E-state index contributed by atoms with van der Waals surface area (Å²) in [6, 6.07) is 4.03. The second-order valence-electron chi connectivity index (χ2n) is 6.39. The fourth-order valence-corrected chi connectivity index (χ4v) is 2.98. The lowest BCUT2D eigenvalue weighted by molar-refractivity contribution is 0.492. The zero-order chi connectivity index (χ0) is 15.7. The summed E-state index contributed by atoms with van der Waals surface area (Å²) in [7, 11) is 0. The van der Waals surface area contributed by atoms with Crippen LogP contribution in [-0.4, -0.2) is 33.3 Å². The summed E-state index contributed by atoms with van der Waals surface area (Å²) in [4.78, 5) is 11.6. The number of hydrogen-bond donors (Lipinski definition) is 2. The number of aromatic amines is 1. The van der Waals surface area contributed by atoms with Gasteiger partial charge in [-0.2, -0.15) is 5.10 Å². The SMILES string of the molecule is Cc1cc(N2CCC(c3cc(N)n[nH]3)CC2)nc(C(C)C)n1. The van der Waals surface area contributed by atoms with E-state index < -0.39 is 0 Å². The van der Waals surface area contributed by atoms with E-state index >= 15 is 0 Å². The summed E-state index contributed by atoms with van der Waals surface area (Å²) in [6.07, 6.45) is 2.17. The first-order valence-corrected chi connectivity index (χ1v) is 7.94. The summed E-state index contributed by atoms with van der Waals surface area (Å²) < 4.78 is 0. The molecular weight excluding hydrogens is 276 g/mol. The first-order chi connectivity index (χ1) is 10.5. The molecule has 0 unspecified atom stereocenters. The number of nitrogens with one attached hydrogen (secondary N) is 1. The molecule has 0 amide bonds. The zero-order valence-corrected chi connectivity index (χ0v) is 13.5. The van der Waals surface area contributed by atoms with Gasteiger partial charge in [0, 0.05) is 48.4 Å². The first-order valence-electron chi connectivity index (χ1n) is 7.94. The van der Waals surface area contributed by atoms with Crippen LogP contribution in [0.1, 0.15) is 55.7 Å². The molecule has 22 heavy (non-hydrogen) atoms. The number of aromatic nitrogens is 4. The van der Waals surface area contributed by atoms with E-state index in [1.807, 2.05) is 13.0 Å². The fourth-order valence-electron chi connectivity index (χ4n) is 2.98. The van der Waals surface area contributed by atoms with Crippen LogP contribution in [0.3, 0.4) is 0 Å². The molecule has 0 aromatic carbocycles. The average Bonchev–Trinajstić information content (AvgIpc) is 2.93. The zero-order valence-electron chi connectivity index (χ0n) is 13.5. The molecule has 0 aliphatic carbocycles. The smallest absolute Gasteiger partial charge is 0.145 e. The molecule has 6 heteroatoms. The van der Waals surface area contributed by atoms with Crippen molar-refractivity contribution >= 4 is 11.6 Å². The molecule has 3 rings (SSSR count). The number of H-pyrrole nitrogens is 1. The lowest BCUT2D eigenvalue weighted by Gasteiger charge is -2.32. The van der Waals surface area contributed by atoms with Crippen molar-refractivity contribution in [2.75, 3.05) is 23.7 Å². The number of nitrogens with two attached hydrogens (primary N) is 1. The topological polar surface area (TPSA) is 83.7 Å². The van der Waals surface area contributed by atoms with Gasteiger partial charge in [-0.15, -0.1) is 0 Å². The third-order valence-corrected chi connectivity index (χ3v) is 4.25. The van der Waals surface area contributed by atoms with E-state index in [2.05, 4.69) is 40.0 Å². The van der Waals surface area contributed by atoms with Crippen LogP contribution in [-0.2, 0) is 0 Å².